The molecule has 5 nitrogen and oxygen atoms in total. The number of carbonyl (C=O) groups excluding carboxylic acids is 2. The molecule has 22 heavy (non-hydrogen) atoms. The molecule has 2 aliphatic heterocycles. The number of nitrogens with zero attached hydrogens (tertiary/aromatic N) is 2. The number of fused-ring (bicyclic) bond motifs is 2. The fourth-order valence-electron chi connectivity index (χ4n) is 2.90. The molecule has 0 radical (unpaired) electrons. The molecule has 1 unspecified atom stereocenters. The molecular formula is C16H11FN2O3. The minimum Gasteiger partial charge on any atom is -0.283 e. The molecule has 2 aromatic rings. The number of hydrogen-bond acceptors (Lipinski definition) is 4. The Kier molecular flexibility index (Phi) is 2.58. The van der Waals surface area contributed by atoms with Crippen LogP contribution in [0, 0.1) is 5.82 Å². The van der Waals surface area contributed by atoms with Gasteiger partial charge in [0.2, 0.25) is 0 Å². The van der Waals surface area contributed by atoms with Gasteiger partial charge in [-0.1, -0.05) is 18.2 Å². The van der Waals surface area contributed by atoms with Gasteiger partial charge in [0.15, 0.2) is 6.23 Å². The summed E-state index contributed by atoms with van der Waals surface area (Å²) in [6.07, 6.45) is -0.777. The number of benzene rings is 2. The highest BCUT2D eigenvalue weighted by molar-refractivity contribution is 6.52. The van der Waals surface area contributed by atoms with E-state index in [4.69, 9.17) is 4.84 Å². The van der Waals surface area contributed by atoms with Crippen LogP contribution in [-0.2, 0) is 9.63 Å². The molecule has 0 N–H and O–H groups in total. The fourth-order valence-corrected chi connectivity index (χ4v) is 2.90. The largest absolute Gasteiger partial charge is 0.301 e. The van der Waals surface area contributed by atoms with E-state index in [1.807, 2.05) is 24.3 Å². The van der Waals surface area contributed by atoms with E-state index >= 15 is 0 Å². The molecule has 0 saturated heterocycles. The topological polar surface area (TPSA) is 49.9 Å². The molecule has 0 saturated carbocycles. The number of Topliss-reactive ketones (excluding diaryl/α,β-unsaturated/α-hetero) is 1. The van der Waals surface area contributed by atoms with E-state index < -0.39 is 23.7 Å². The van der Waals surface area contributed by atoms with Crippen molar-refractivity contribution in [2.24, 2.45) is 0 Å². The van der Waals surface area contributed by atoms with Gasteiger partial charge in [-0.15, -0.1) is 0 Å². The zero-order valence-corrected chi connectivity index (χ0v) is 11.6. The van der Waals surface area contributed by atoms with Gasteiger partial charge in [-0.3, -0.25) is 19.6 Å². The highest BCUT2D eigenvalue weighted by Crippen LogP contribution is 2.43. The van der Waals surface area contributed by atoms with Gasteiger partial charge in [-0.25, -0.2) is 9.23 Å². The molecule has 0 spiro atoms. The first-order valence-electron chi connectivity index (χ1n) is 6.75. The van der Waals surface area contributed by atoms with Crippen molar-refractivity contribution in [1.29, 1.82) is 0 Å². The van der Waals surface area contributed by atoms with E-state index in [-0.39, 0.29) is 11.3 Å². The van der Waals surface area contributed by atoms with Gasteiger partial charge < -0.3 is 0 Å². The van der Waals surface area contributed by atoms with Gasteiger partial charge in [0.1, 0.15) is 5.82 Å². The summed E-state index contributed by atoms with van der Waals surface area (Å²) in [5.74, 6) is -1.87. The van der Waals surface area contributed by atoms with Crippen molar-refractivity contribution >= 4 is 23.1 Å². The van der Waals surface area contributed by atoms with Crippen LogP contribution in [0.3, 0.4) is 0 Å². The summed E-state index contributed by atoms with van der Waals surface area (Å²) < 4.78 is 13.5. The maximum atomic E-state index is 13.5. The van der Waals surface area contributed by atoms with E-state index in [0.29, 0.717) is 0 Å². The average molecular weight is 298 g/mol. The quantitative estimate of drug-likeness (QED) is 0.759. The minimum atomic E-state index is -0.777. The Bertz CT molecular complexity index is 821. The molecule has 1 atom stereocenters. The number of amides is 1. The summed E-state index contributed by atoms with van der Waals surface area (Å²) >= 11 is 0. The van der Waals surface area contributed by atoms with Crippen molar-refractivity contribution in [2.75, 3.05) is 17.0 Å². The Morgan fingerprint density at radius 1 is 1.09 bits per heavy atom. The smallest absolute Gasteiger partial charge is 0.283 e. The van der Waals surface area contributed by atoms with Crippen molar-refractivity contribution in [3.8, 4) is 0 Å². The van der Waals surface area contributed by atoms with Crippen LogP contribution in [0.1, 0.15) is 22.1 Å². The summed E-state index contributed by atoms with van der Waals surface area (Å²) in [4.78, 5) is 31.3. The van der Waals surface area contributed by atoms with Crippen LogP contribution in [0.25, 0.3) is 0 Å². The first kappa shape index (κ1) is 13.0. The number of ketones is 1. The molecule has 0 aromatic heterocycles. The second kappa shape index (κ2) is 4.38. The predicted octanol–water partition coefficient (Wildman–Crippen LogP) is 2.44. The molecule has 4 rings (SSSR count). The standard InChI is InChI=1S/C16H11FN2O3/c1-18-12-5-3-2-4-11(12)16(22-18)19-13-8-9(17)6-7-10(13)14(20)15(19)21/h2-8,16H,1H3. The van der Waals surface area contributed by atoms with Crippen LogP contribution >= 0.6 is 0 Å². The number of hydroxylamine groups is 1. The third kappa shape index (κ3) is 1.61. The molecule has 1 amide bonds. The van der Waals surface area contributed by atoms with E-state index in [0.717, 1.165) is 11.3 Å². The number of rotatable bonds is 1. The van der Waals surface area contributed by atoms with Crippen LogP contribution in [0.2, 0.25) is 0 Å². The monoisotopic (exact) mass is 298 g/mol. The Morgan fingerprint density at radius 2 is 1.86 bits per heavy atom. The fraction of sp³-hybridized carbons (Fsp3) is 0.125. The van der Waals surface area contributed by atoms with Gasteiger partial charge in [0, 0.05) is 12.6 Å². The Morgan fingerprint density at radius 3 is 2.68 bits per heavy atom. The zero-order chi connectivity index (χ0) is 15.4. The third-order valence-corrected chi connectivity index (χ3v) is 3.91. The lowest BCUT2D eigenvalue weighted by molar-refractivity contribution is -0.116. The number of anilines is 2. The Labute approximate surface area is 125 Å². The highest BCUT2D eigenvalue weighted by atomic mass is 19.1. The molecule has 110 valence electrons. The molecule has 0 bridgehead atoms. The molecule has 6 heteroatoms. The van der Waals surface area contributed by atoms with Crippen LogP contribution in [-0.4, -0.2) is 18.7 Å². The Hall–Kier alpha value is -2.73. The summed E-state index contributed by atoms with van der Waals surface area (Å²) in [6, 6.07) is 11.0. The number of carbonyl (C=O) groups is 2. The maximum Gasteiger partial charge on any atom is 0.301 e. The summed E-state index contributed by atoms with van der Waals surface area (Å²) in [6.45, 7) is 0. The molecule has 0 fully saturated rings. The van der Waals surface area contributed by atoms with Gasteiger partial charge in [0.25, 0.3) is 5.78 Å². The summed E-state index contributed by atoms with van der Waals surface area (Å²) in [5, 5.41) is 1.54. The number of hydrogen-bond donors (Lipinski definition) is 0. The van der Waals surface area contributed by atoms with Crippen LogP contribution < -0.4 is 9.96 Å². The molecule has 2 heterocycles. The van der Waals surface area contributed by atoms with Gasteiger partial charge >= 0.3 is 5.91 Å². The summed E-state index contributed by atoms with van der Waals surface area (Å²) in [7, 11) is 1.72. The number of halogens is 1. The minimum absolute atomic E-state index is 0.196. The third-order valence-electron chi connectivity index (χ3n) is 3.91. The first-order chi connectivity index (χ1) is 10.6. The van der Waals surface area contributed by atoms with Crippen molar-refractivity contribution < 1.29 is 18.8 Å². The molecule has 2 aromatic carbocycles. The van der Waals surface area contributed by atoms with Crippen molar-refractivity contribution in [3.63, 3.8) is 0 Å². The second-order valence-electron chi connectivity index (χ2n) is 5.18. The van der Waals surface area contributed by atoms with Crippen molar-refractivity contribution in [1.82, 2.24) is 0 Å². The maximum absolute atomic E-state index is 13.5. The van der Waals surface area contributed by atoms with Gasteiger partial charge in [0.05, 0.1) is 16.9 Å². The van der Waals surface area contributed by atoms with E-state index in [9.17, 15) is 14.0 Å². The van der Waals surface area contributed by atoms with Crippen LogP contribution in [0.15, 0.2) is 42.5 Å². The molecular weight excluding hydrogens is 287 g/mol. The van der Waals surface area contributed by atoms with Crippen molar-refractivity contribution in [3.05, 3.63) is 59.4 Å². The lowest BCUT2D eigenvalue weighted by atomic mass is 10.1. The molecule has 0 aliphatic carbocycles. The van der Waals surface area contributed by atoms with E-state index in [1.165, 1.54) is 28.2 Å². The lowest BCUT2D eigenvalue weighted by Crippen LogP contribution is -2.35. The van der Waals surface area contributed by atoms with Crippen LogP contribution in [0.4, 0.5) is 15.8 Å². The van der Waals surface area contributed by atoms with E-state index in [2.05, 4.69) is 0 Å². The summed E-state index contributed by atoms with van der Waals surface area (Å²) in [5.41, 5.74) is 1.99. The lowest BCUT2D eigenvalue weighted by Gasteiger charge is -2.24. The second-order valence-corrected chi connectivity index (χ2v) is 5.18. The molecule has 2 aliphatic rings. The van der Waals surface area contributed by atoms with Crippen molar-refractivity contribution in [2.45, 2.75) is 6.23 Å². The normalized spacial score (nSPS) is 19.6. The van der Waals surface area contributed by atoms with Gasteiger partial charge in [-0.05, 0) is 24.3 Å². The van der Waals surface area contributed by atoms with Gasteiger partial charge in [-0.2, -0.15) is 0 Å². The SMILES string of the molecule is CN1OC(N2C(=O)C(=O)c3ccc(F)cc32)c2ccccc21. The Balaban J connectivity index is 1.87. The zero-order valence-electron chi connectivity index (χ0n) is 11.6. The van der Waals surface area contributed by atoms with Crippen LogP contribution in [0.5, 0.6) is 0 Å². The average Bonchev–Trinajstić information content (AvgIpc) is 2.96. The van der Waals surface area contributed by atoms with E-state index in [1.54, 1.807) is 7.05 Å². The highest BCUT2D eigenvalue weighted by Gasteiger charge is 2.44. The number of para-hydroxylation sites is 1. The predicted molar refractivity (Wildman–Crippen MR) is 76.9 cm³/mol. The first-order valence-corrected chi connectivity index (χ1v) is 6.75.